The number of aryl methyl sites for hydroxylation is 1. The molecule has 0 bridgehead atoms. The molecule has 5 rings (SSSR count). The smallest absolute Gasteiger partial charge is 0.260 e. The van der Waals surface area contributed by atoms with Gasteiger partial charge in [-0.1, -0.05) is 0 Å². The molecule has 0 saturated carbocycles. The van der Waals surface area contributed by atoms with Gasteiger partial charge >= 0.3 is 0 Å². The minimum absolute atomic E-state index is 0.0814. The molecule has 1 N–H and O–H groups in total. The quantitative estimate of drug-likeness (QED) is 0.768. The summed E-state index contributed by atoms with van der Waals surface area (Å²) in [5.74, 6) is -0.0814. The fourth-order valence-electron chi connectivity index (χ4n) is 5.35. The lowest BCUT2D eigenvalue weighted by Gasteiger charge is -2.36. The van der Waals surface area contributed by atoms with Gasteiger partial charge in [-0.15, -0.1) is 0 Å². The monoisotopic (exact) mass is 428 g/mol. The summed E-state index contributed by atoms with van der Waals surface area (Å²) in [6.45, 7) is 2.90. The summed E-state index contributed by atoms with van der Waals surface area (Å²) >= 11 is 0. The second-order valence-electron chi connectivity index (χ2n) is 9.02. The van der Waals surface area contributed by atoms with Gasteiger partial charge in [0.05, 0.1) is 23.1 Å². The van der Waals surface area contributed by atoms with Crippen LogP contribution in [-0.4, -0.2) is 73.6 Å². The van der Waals surface area contributed by atoms with E-state index in [0.717, 1.165) is 54.9 Å². The van der Waals surface area contributed by atoms with Crippen LogP contribution >= 0.6 is 0 Å². The fourth-order valence-corrected chi connectivity index (χ4v) is 6.16. The van der Waals surface area contributed by atoms with E-state index < -0.39 is 9.84 Å². The van der Waals surface area contributed by atoms with Crippen molar-refractivity contribution in [2.24, 2.45) is 7.05 Å². The van der Waals surface area contributed by atoms with Crippen LogP contribution in [-0.2, 0) is 16.9 Å². The zero-order chi connectivity index (χ0) is 21.2. The predicted molar refractivity (Wildman–Crippen MR) is 119 cm³/mol. The zero-order valence-electron chi connectivity index (χ0n) is 17.7. The van der Waals surface area contributed by atoms with Gasteiger partial charge in [-0.05, 0) is 55.3 Å². The molecule has 0 aromatic carbocycles. The van der Waals surface area contributed by atoms with E-state index >= 15 is 0 Å². The third-order valence-electron chi connectivity index (χ3n) is 6.68. The van der Waals surface area contributed by atoms with Crippen molar-refractivity contribution >= 4 is 21.1 Å². The average Bonchev–Trinajstić information content (AvgIpc) is 3.22. The van der Waals surface area contributed by atoms with E-state index in [9.17, 15) is 13.2 Å². The highest BCUT2D eigenvalue weighted by Gasteiger charge is 2.41. The minimum atomic E-state index is -3.26. The van der Waals surface area contributed by atoms with Crippen molar-refractivity contribution in [3.05, 3.63) is 57.2 Å². The first kappa shape index (κ1) is 19.6. The van der Waals surface area contributed by atoms with Crippen molar-refractivity contribution in [3.63, 3.8) is 0 Å². The molecule has 4 aliphatic rings. The molecule has 1 aromatic heterocycles. The number of aromatic nitrogens is 1. The van der Waals surface area contributed by atoms with Crippen molar-refractivity contribution in [3.8, 4) is 0 Å². The molecular formula is C22H28N4O3S. The van der Waals surface area contributed by atoms with Gasteiger partial charge in [0.15, 0.2) is 9.84 Å². The molecule has 3 aliphatic heterocycles. The highest BCUT2D eigenvalue weighted by atomic mass is 32.2. The maximum atomic E-state index is 13.2. The molecule has 160 valence electrons. The predicted octanol–water partition coefficient (Wildman–Crippen LogP) is 0.804. The lowest BCUT2D eigenvalue weighted by Crippen LogP contribution is -2.43. The number of likely N-dealkylation sites (N-methyl/N-ethyl adjacent to an activating group) is 1. The van der Waals surface area contributed by atoms with Crippen molar-refractivity contribution < 1.29 is 8.42 Å². The minimum Gasteiger partial charge on any atom is -0.384 e. The second-order valence-corrected chi connectivity index (χ2v) is 11.2. The Hall–Kier alpha value is -2.32. The number of likely N-dealkylation sites (tertiary alicyclic amines) is 1. The van der Waals surface area contributed by atoms with Crippen LogP contribution in [0.5, 0.6) is 0 Å². The Balaban J connectivity index is 1.73. The van der Waals surface area contributed by atoms with Crippen molar-refractivity contribution in [2.45, 2.75) is 24.9 Å². The van der Waals surface area contributed by atoms with Crippen LogP contribution in [0.1, 0.15) is 24.0 Å². The van der Waals surface area contributed by atoms with E-state index in [1.807, 2.05) is 12.1 Å². The van der Waals surface area contributed by atoms with Gasteiger partial charge in [-0.3, -0.25) is 4.79 Å². The van der Waals surface area contributed by atoms with E-state index in [-0.39, 0.29) is 17.4 Å². The lowest BCUT2D eigenvalue weighted by molar-refractivity contribution is 0.229. The third-order valence-corrected chi connectivity index (χ3v) is 7.52. The van der Waals surface area contributed by atoms with Crippen LogP contribution in [0.2, 0.25) is 0 Å². The SMILES string of the molecule is CN1CCC(N2C=C3C=C(CS(C)(=O)=O)c4ccn(C)c(=O)c4C4=C3C2CCN4)C1. The first-order valence-electron chi connectivity index (χ1n) is 10.5. The molecule has 8 heteroatoms. The van der Waals surface area contributed by atoms with Crippen LogP contribution in [0, 0.1) is 0 Å². The Bertz CT molecular complexity index is 1180. The Morgan fingerprint density at radius 1 is 1.23 bits per heavy atom. The zero-order valence-corrected chi connectivity index (χ0v) is 18.5. The summed E-state index contributed by atoms with van der Waals surface area (Å²) in [5.41, 5.74) is 4.98. The topological polar surface area (TPSA) is 74.7 Å². The summed E-state index contributed by atoms with van der Waals surface area (Å²) in [6.07, 6.45) is 9.26. The van der Waals surface area contributed by atoms with Gasteiger partial charge in [-0.25, -0.2) is 8.42 Å². The standard InChI is InChI=1S/C22H28N4O3S/c1-24-8-5-16(12-24)26-11-14-10-15(13-30(3,28)29)17-6-9-25(2)22(27)20(17)21-19(14)18(26)4-7-23-21/h6,9-11,16,18,23H,4-5,7-8,12-13H2,1-3H3. The van der Waals surface area contributed by atoms with Crippen LogP contribution in [0.25, 0.3) is 11.3 Å². The van der Waals surface area contributed by atoms with Crippen LogP contribution in [0.15, 0.2) is 40.5 Å². The lowest BCUT2D eigenvalue weighted by atomic mass is 9.91. The molecular weight excluding hydrogens is 400 g/mol. The Morgan fingerprint density at radius 2 is 2.03 bits per heavy atom. The first-order chi connectivity index (χ1) is 14.2. The molecule has 0 spiro atoms. The number of hydrogen-bond acceptors (Lipinski definition) is 6. The molecule has 0 radical (unpaired) electrons. The molecule has 1 saturated heterocycles. The molecule has 4 heterocycles. The Labute approximate surface area is 177 Å². The van der Waals surface area contributed by atoms with Gasteiger partial charge < -0.3 is 19.7 Å². The van der Waals surface area contributed by atoms with Gasteiger partial charge in [0, 0.05) is 50.4 Å². The van der Waals surface area contributed by atoms with Gasteiger partial charge in [0.1, 0.15) is 0 Å². The molecule has 1 aromatic rings. The molecule has 2 unspecified atom stereocenters. The van der Waals surface area contributed by atoms with Crippen LogP contribution in [0.3, 0.4) is 0 Å². The maximum absolute atomic E-state index is 13.2. The summed E-state index contributed by atoms with van der Waals surface area (Å²) in [4.78, 5) is 18.0. The van der Waals surface area contributed by atoms with Crippen molar-refractivity contribution in [1.29, 1.82) is 0 Å². The van der Waals surface area contributed by atoms with E-state index in [2.05, 4.69) is 28.4 Å². The van der Waals surface area contributed by atoms with Crippen LogP contribution in [0.4, 0.5) is 0 Å². The number of nitrogens with zero attached hydrogens (tertiary/aromatic N) is 3. The number of hydrogen-bond donors (Lipinski definition) is 1. The Morgan fingerprint density at radius 3 is 2.73 bits per heavy atom. The molecule has 0 amide bonds. The van der Waals surface area contributed by atoms with Crippen LogP contribution < -0.4 is 10.9 Å². The van der Waals surface area contributed by atoms with Crippen molar-refractivity contribution in [1.82, 2.24) is 19.7 Å². The maximum Gasteiger partial charge on any atom is 0.260 e. The normalized spacial score (nSPS) is 26.0. The average molecular weight is 429 g/mol. The summed E-state index contributed by atoms with van der Waals surface area (Å²) in [6, 6.07) is 2.54. The molecule has 7 nitrogen and oxygen atoms in total. The van der Waals surface area contributed by atoms with E-state index in [1.165, 1.54) is 6.26 Å². The van der Waals surface area contributed by atoms with E-state index in [4.69, 9.17) is 0 Å². The Kier molecular flexibility index (Phi) is 4.48. The number of sulfone groups is 1. The fraction of sp³-hybridized carbons (Fsp3) is 0.500. The molecule has 2 atom stereocenters. The third kappa shape index (κ3) is 3.13. The van der Waals surface area contributed by atoms with Crippen molar-refractivity contribution in [2.75, 3.05) is 38.7 Å². The summed E-state index contributed by atoms with van der Waals surface area (Å²) < 4.78 is 26.0. The highest BCUT2D eigenvalue weighted by Crippen LogP contribution is 2.43. The van der Waals surface area contributed by atoms with Gasteiger partial charge in [-0.2, -0.15) is 0 Å². The highest BCUT2D eigenvalue weighted by molar-refractivity contribution is 7.91. The second kappa shape index (κ2) is 6.85. The molecule has 1 fully saturated rings. The molecule has 1 aliphatic carbocycles. The summed E-state index contributed by atoms with van der Waals surface area (Å²) in [7, 11) is 0.636. The number of rotatable bonds is 3. The molecule has 30 heavy (non-hydrogen) atoms. The largest absolute Gasteiger partial charge is 0.384 e. The van der Waals surface area contributed by atoms with E-state index in [0.29, 0.717) is 17.2 Å². The number of pyridine rings is 1. The van der Waals surface area contributed by atoms with Gasteiger partial charge in [0.25, 0.3) is 5.56 Å². The summed E-state index contributed by atoms with van der Waals surface area (Å²) in [5, 5.41) is 3.50. The van der Waals surface area contributed by atoms with Gasteiger partial charge in [0.2, 0.25) is 0 Å². The number of nitrogens with one attached hydrogen (secondary N) is 1. The first-order valence-corrected chi connectivity index (χ1v) is 12.5. The van der Waals surface area contributed by atoms with E-state index in [1.54, 1.807) is 17.8 Å². The number of fused-ring (bicyclic) bond motifs is 2. The number of allylic oxidation sites excluding steroid dienone is 1.